The summed E-state index contributed by atoms with van der Waals surface area (Å²) in [6, 6.07) is 3.08. The van der Waals surface area contributed by atoms with Gasteiger partial charge in [0.05, 0.1) is 30.0 Å². The van der Waals surface area contributed by atoms with E-state index in [1.165, 1.54) is 38.6 Å². The van der Waals surface area contributed by atoms with Gasteiger partial charge in [-0.3, -0.25) is 9.88 Å². The largest absolute Gasteiger partial charge is 0.490 e. The van der Waals surface area contributed by atoms with E-state index in [2.05, 4.69) is 41.0 Å². The molecule has 3 rings (SSSR count). The van der Waals surface area contributed by atoms with Crippen molar-refractivity contribution in [3.8, 4) is 11.4 Å². The molecule has 1 fully saturated rings. The summed E-state index contributed by atoms with van der Waals surface area (Å²) in [4.78, 5) is 6.78. The molecule has 0 unspecified atom stereocenters. The van der Waals surface area contributed by atoms with Crippen LogP contribution in [0.25, 0.3) is 5.69 Å². The third-order valence-electron chi connectivity index (χ3n) is 5.09. The summed E-state index contributed by atoms with van der Waals surface area (Å²) in [6.07, 6.45) is 12.7. The Hall–Kier alpha value is -1.95. The predicted octanol–water partition coefficient (Wildman–Crippen LogP) is 3.65. The molecule has 2 aromatic heterocycles. The fourth-order valence-electron chi connectivity index (χ4n) is 3.40. The van der Waals surface area contributed by atoms with Crippen LogP contribution in [0.3, 0.4) is 0 Å². The molecule has 1 atom stereocenters. The number of hydrogen-bond acceptors (Lipinski definition) is 5. The zero-order valence-electron chi connectivity index (χ0n) is 16.3. The lowest BCUT2D eigenvalue weighted by molar-refractivity contribution is 0.0241. The number of aryl methyl sites for hydroxylation is 1. The highest BCUT2D eigenvalue weighted by atomic mass is 16.5. The number of pyridine rings is 1. The Labute approximate surface area is 156 Å². The summed E-state index contributed by atoms with van der Waals surface area (Å²) in [6.45, 7) is 8.58. The number of hydrogen-bond donors (Lipinski definition) is 0. The van der Waals surface area contributed by atoms with Gasteiger partial charge in [0, 0.05) is 24.7 Å². The van der Waals surface area contributed by atoms with Gasteiger partial charge >= 0.3 is 0 Å². The molecular formula is C20H31N5O. The summed E-state index contributed by atoms with van der Waals surface area (Å²) >= 11 is 0. The minimum atomic E-state index is 0.514. The molecule has 0 bridgehead atoms. The molecule has 0 aromatic carbocycles. The van der Waals surface area contributed by atoms with Crippen molar-refractivity contribution in [1.29, 1.82) is 0 Å². The van der Waals surface area contributed by atoms with Crippen LogP contribution in [0.15, 0.2) is 24.7 Å². The molecule has 6 nitrogen and oxygen atoms in total. The maximum Gasteiger partial charge on any atom is 0.139 e. The summed E-state index contributed by atoms with van der Waals surface area (Å²) in [7, 11) is 0. The zero-order valence-corrected chi connectivity index (χ0v) is 16.3. The second-order valence-electron chi connectivity index (χ2n) is 7.43. The fourth-order valence-corrected chi connectivity index (χ4v) is 3.40. The van der Waals surface area contributed by atoms with Crippen LogP contribution in [0.1, 0.15) is 58.6 Å². The van der Waals surface area contributed by atoms with E-state index in [9.17, 15) is 0 Å². The van der Waals surface area contributed by atoms with Crippen molar-refractivity contribution < 1.29 is 4.74 Å². The van der Waals surface area contributed by atoms with Crippen molar-refractivity contribution in [2.75, 3.05) is 13.2 Å². The third-order valence-corrected chi connectivity index (χ3v) is 5.09. The normalized spacial score (nSPS) is 17.5. The van der Waals surface area contributed by atoms with Gasteiger partial charge in [-0.2, -0.15) is 0 Å². The Morgan fingerprint density at radius 2 is 2.12 bits per heavy atom. The summed E-state index contributed by atoms with van der Waals surface area (Å²) in [5.41, 5.74) is 1.93. The van der Waals surface area contributed by atoms with Crippen molar-refractivity contribution in [2.45, 2.75) is 71.4 Å². The molecule has 1 saturated heterocycles. The molecule has 26 heavy (non-hydrogen) atoms. The minimum Gasteiger partial charge on any atom is -0.490 e. The van der Waals surface area contributed by atoms with Gasteiger partial charge in [-0.15, -0.1) is 5.10 Å². The number of aromatic nitrogens is 4. The molecule has 0 N–H and O–H groups in total. The molecule has 3 heterocycles. The Balaban J connectivity index is 1.55. The summed E-state index contributed by atoms with van der Waals surface area (Å²) in [5, 5.41) is 8.53. The van der Waals surface area contributed by atoms with Crippen LogP contribution in [0, 0.1) is 0 Å². The minimum absolute atomic E-state index is 0.514. The number of likely N-dealkylation sites (tertiary alicyclic amines) is 1. The van der Waals surface area contributed by atoms with Gasteiger partial charge in [0.2, 0.25) is 0 Å². The number of rotatable bonds is 10. The standard InChI is InChI=1S/C20H31N5O/c1-4-5-6-7-8-17-14-25(23-22-17)19-11-20(13-21-12-19)26-15-18-9-10-24(18)16(2)3/h11-14,16,18H,4-10,15H2,1-3H3/t18-/m0/s1. The zero-order chi connectivity index (χ0) is 18.4. The van der Waals surface area contributed by atoms with Crippen molar-refractivity contribution in [3.05, 3.63) is 30.4 Å². The van der Waals surface area contributed by atoms with Crippen LogP contribution in [0.5, 0.6) is 5.75 Å². The second-order valence-corrected chi connectivity index (χ2v) is 7.43. The molecule has 0 spiro atoms. The van der Waals surface area contributed by atoms with E-state index < -0.39 is 0 Å². The van der Waals surface area contributed by atoms with Crippen LogP contribution in [-0.2, 0) is 6.42 Å². The van der Waals surface area contributed by atoms with Crippen LogP contribution in [0.2, 0.25) is 0 Å². The monoisotopic (exact) mass is 357 g/mol. The van der Waals surface area contributed by atoms with Crippen LogP contribution >= 0.6 is 0 Å². The van der Waals surface area contributed by atoms with E-state index >= 15 is 0 Å². The molecule has 0 amide bonds. The lowest BCUT2D eigenvalue weighted by atomic mass is 10.0. The van der Waals surface area contributed by atoms with Gasteiger partial charge in [0.1, 0.15) is 12.4 Å². The van der Waals surface area contributed by atoms with E-state index in [4.69, 9.17) is 4.74 Å². The highest BCUT2D eigenvalue weighted by Gasteiger charge is 2.30. The first-order valence-electron chi connectivity index (χ1n) is 9.92. The van der Waals surface area contributed by atoms with E-state index in [-0.39, 0.29) is 0 Å². The summed E-state index contributed by atoms with van der Waals surface area (Å²) < 4.78 is 7.78. The maximum atomic E-state index is 5.99. The number of unbranched alkanes of at least 4 members (excludes halogenated alkanes) is 3. The highest BCUT2D eigenvalue weighted by Crippen LogP contribution is 2.22. The lowest BCUT2D eigenvalue weighted by Crippen LogP contribution is -2.54. The SMILES string of the molecule is CCCCCCc1cn(-c2cncc(OC[C@@H]3CCN3C(C)C)c2)nn1. The first-order chi connectivity index (χ1) is 12.7. The van der Waals surface area contributed by atoms with Gasteiger partial charge in [-0.1, -0.05) is 31.4 Å². The van der Waals surface area contributed by atoms with E-state index in [0.29, 0.717) is 18.7 Å². The Kier molecular flexibility index (Phi) is 6.61. The van der Waals surface area contributed by atoms with E-state index in [1.807, 2.05) is 12.3 Å². The molecule has 0 radical (unpaired) electrons. The van der Waals surface area contributed by atoms with Gasteiger partial charge in [0.25, 0.3) is 0 Å². The first-order valence-corrected chi connectivity index (χ1v) is 9.92. The Morgan fingerprint density at radius 3 is 2.85 bits per heavy atom. The molecule has 1 aliphatic heterocycles. The van der Waals surface area contributed by atoms with Gasteiger partial charge in [0.15, 0.2) is 0 Å². The second kappa shape index (κ2) is 9.12. The summed E-state index contributed by atoms with van der Waals surface area (Å²) in [5.74, 6) is 0.790. The van der Waals surface area contributed by atoms with Crippen molar-refractivity contribution in [2.24, 2.45) is 0 Å². The van der Waals surface area contributed by atoms with Crippen LogP contribution < -0.4 is 4.74 Å². The Bertz CT molecular complexity index is 684. The molecule has 0 saturated carbocycles. The average Bonchev–Trinajstić information content (AvgIpc) is 3.07. The fraction of sp³-hybridized carbons (Fsp3) is 0.650. The van der Waals surface area contributed by atoms with Crippen LogP contribution in [-0.4, -0.2) is 50.1 Å². The number of nitrogens with zero attached hydrogens (tertiary/aromatic N) is 5. The van der Waals surface area contributed by atoms with Crippen molar-refractivity contribution in [1.82, 2.24) is 24.9 Å². The quantitative estimate of drug-likeness (QED) is 0.608. The smallest absolute Gasteiger partial charge is 0.139 e. The molecule has 6 heteroatoms. The van der Waals surface area contributed by atoms with E-state index in [0.717, 1.165) is 23.6 Å². The van der Waals surface area contributed by atoms with Crippen molar-refractivity contribution in [3.63, 3.8) is 0 Å². The van der Waals surface area contributed by atoms with Gasteiger partial charge < -0.3 is 4.74 Å². The highest BCUT2D eigenvalue weighted by molar-refractivity contribution is 5.34. The van der Waals surface area contributed by atoms with Crippen molar-refractivity contribution >= 4 is 0 Å². The number of ether oxygens (including phenoxy) is 1. The molecule has 1 aliphatic rings. The van der Waals surface area contributed by atoms with E-state index in [1.54, 1.807) is 17.1 Å². The topological polar surface area (TPSA) is 56.1 Å². The maximum absolute atomic E-state index is 5.99. The lowest BCUT2D eigenvalue weighted by Gasteiger charge is -2.43. The molecule has 142 valence electrons. The predicted molar refractivity (Wildman–Crippen MR) is 103 cm³/mol. The molecular weight excluding hydrogens is 326 g/mol. The Morgan fingerprint density at radius 1 is 1.23 bits per heavy atom. The average molecular weight is 358 g/mol. The third kappa shape index (κ3) is 4.81. The van der Waals surface area contributed by atoms with Crippen LogP contribution in [0.4, 0.5) is 0 Å². The molecule has 0 aliphatic carbocycles. The molecule has 2 aromatic rings. The first kappa shape index (κ1) is 18.8. The van der Waals surface area contributed by atoms with Gasteiger partial charge in [-0.25, -0.2) is 4.68 Å². The van der Waals surface area contributed by atoms with Gasteiger partial charge in [-0.05, 0) is 33.1 Å².